The molecule has 2 aromatic carbocycles. The summed E-state index contributed by atoms with van der Waals surface area (Å²) < 4.78 is 16.8. The van der Waals surface area contributed by atoms with Gasteiger partial charge in [-0.3, -0.25) is 14.9 Å². The van der Waals surface area contributed by atoms with Crippen LogP contribution in [0.2, 0.25) is 0 Å². The molecule has 0 aliphatic carbocycles. The van der Waals surface area contributed by atoms with E-state index in [0.29, 0.717) is 28.8 Å². The number of H-pyrrole nitrogens is 1. The van der Waals surface area contributed by atoms with Crippen molar-refractivity contribution in [1.82, 2.24) is 15.2 Å². The van der Waals surface area contributed by atoms with E-state index in [0.717, 1.165) is 22.3 Å². The minimum absolute atomic E-state index is 0.140. The van der Waals surface area contributed by atoms with Gasteiger partial charge >= 0.3 is 0 Å². The van der Waals surface area contributed by atoms with Crippen LogP contribution in [0.15, 0.2) is 54.7 Å². The number of hydrogen-bond donors (Lipinski definition) is 2. The predicted octanol–water partition coefficient (Wildman–Crippen LogP) is 4.01. The third kappa shape index (κ3) is 4.98. The normalized spacial score (nSPS) is 10.7. The molecule has 2 heterocycles. The van der Waals surface area contributed by atoms with Gasteiger partial charge in [-0.2, -0.15) is 5.10 Å². The minimum atomic E-state index is -0.140. The van der Waals surface area contributed by atoms with Crippen molar-refractivity contribution < 1.29 is 19.0 Å². The molecule has 0 fully saturated rings. The van der Waals surface area contributed by atoms with Crippen molar-refractivity contribution in [2.75, 3.05) is 38.5 Å². The number of nitrogens with one attached hydrogen (secondary N) is 2. The van der Waals surface area contributed by atoms with Crippen LogP contribution in [0.25, 0.3) is 10.9 Å². The van der Waals surface area contributed by atoms with Gasteiger partial charge in [0.15, 0.2) is 17.3 Å². The van der Waals surface area contributed by atoms with Crippen LogP contribution in [-0.4, -0.2) is 49.4 Å². The summed E-state index contributed by atoms with van der Waals surface area (Å²) in [7, 11) is 6.94. The fraction of sp³-hybridized carbons (Fsp3) is 0.208. The Balaban J connectivity index is 1.45. The van der Waals surface area contributed by atoms with Gasteiger partial charge in [0.1, 0.15) is 17.3 Å². The molecule has 9 nitrogen and oxygen atoms in total. The second kappa shape index (κ2) is 9.47. The zero-order valence-electron chi connectivity index (χ0n) is 18.9. The first-order valence-electron chi connectivity index (χ1n) is 10.3. The molecular formula is C24H25N5O4. The number of carbonyl (C=O) groups excluding carboxylic acids is 1. The maximum absolute atomic E-state index is 12.4. The number of fused-ring (bicyclic) bond motifs is 1. The Kier molecular flexibility index (Phi) is 6.30. The molecule has 0 atom stereocenters. The van der Waals surface area contributed by atoms with Gasteiger partial charge in [-0.25, -0.2) is 0 Å². The highest BCUT2D eigenvalue weighted by atomic mass is 16.5. The Bertz CT molecular complexity index is 1270. The van der Waals surface area contributed by atoms with E-state index in [9.17, 15) is 4.79 Å². The first-order valence-corrected chi connectivity index (χ1v) is 10.3. The van der Waals surface area contributed by atoms with E-state index in [2.05, 4.69) is 20.5 Å². The number of carbonyl (C=O) groups is 1. The van der Waals surface area contributed by atoms with Gasteiger partial charge in [-0.15, -0.1) is 0 Å². The highest BCUT2D eigenvalue weighted by Crippen LogP contribution is 2.36. The average Bonchev–Trinajstić information content (AvgIpc) is 3.28. The maximum Gasteiger partial charge on any atom is 0.229 e. The van der Waals surface area contributed by atoms with Crippen LogP contribution in [-0.2, 0) is 11.2 Å². The standard InChI is InChI=1S/C24H25N5O4/c1-29(2)23-14-22(27-28-23)26-24(30)11-15-5-7-16(8-6-15)33-19-9-10-25-18-13-21(32-4)20(31-3)12-17(18)19/h5-10,12-14H,11H2,1-4H3,(H2,26,27,28,30). The molecule has 2 N–H and O–H groups in total. The summed E-state index contributed by atoms with van der Waals surface area (Å²) in [5, 5.41) is 10.5. The molecule has 0 bridgehead atoms. The number of amides is 1. The van der Waals surface area contributed by atoms with Crippen molar-refractivity contribution in [1.29, 1.82) is 0 Å². The van der Waals surface area contributed by atoms with Gasteiger partial charge in [0.25, 0.3) is 0 Å². The lowest BCUT2D eigenvalue weighted by atomic mass is 10.1. The van der Waals surface area contributed by atoms with Crippen LogP contribution in [0.5, 0.6) is 23.0 Å². The number of hydrogen-bond acceptors (Lipinski definition) is 7. The van der Waals surface area contributed by atoms with Gasteiger partial charge in [-0.05, 0) is 29.8 Å². The maximum atomic E-state index is 12.4. The molecule has 4 aromatic rings. The van der Waals surface area contributed by atoms with Gasteiger partial charge < -0.3 is 24.4 Å². The van der Waals surface area contributed by atoms with Crippen molar-refractivity contribution in [3.8, 4) is 23.0 Å². The van der Waals surface area contributed by atoms with Crippen LogP contribution in [0.1, 0.15) is 5.56 Å². The van der Waals surface area contributed by atoms with E-state index in [1.54, 1.807) is 32.5 Å². The molecule has 1 amide bonds. The molecule has 0 unspecified atom stereocenters. The number of aromatic amines is 1. The van der Waals surface area contributed by atoms with Crippen LogP contribution in [0.3, 0.4) is 0 Å². The van der Waals surface area contributed by atoms with Crippen LogP contribution >= 0.6 is 0 Å². The van der Waals surface area contributed by atoms with Crippen LogP contribution in [0, 0.1) is 0 Å². The smallest absolute Gasteiger partial charge is 0.229 e. The van der Waals surface area contributed by atoms with Crippen molar-refractivity contribution in [2.24, 2.45) is 0 Å². The Hall–Kier alpha value is -4.27. The second-order valence-electron chi connectivity index (χ2n) is 7.54. The Labute approximate surface area is 191 Å². The molecular weight excluding hydrogens is 422 g/mol. The van der Waals surface area contributed by atoms with Gasteiger partial charge in [0.2, 0.25) is 5.91 Å². The number of nitrogens with zero attached hydrogens (tertiary/aromatic N) is 3. The van der Waals surface area contributed by atoms with E-state index in [1.807, 2.05) is 55.4 Å². The Morgan fingerprint density at radius 2 is 1.73 bits per heavy atom. The lowest BCUT2D eigenvalue weighted by Crippen LogP contribution is -2.14. The number of anilines is 2. The molecule has 0 aliphatic heterocycles. The lowest BCUT2D eigenvalue weighted by molar-refractivity contribution is -0.115. The van der Waals surface area contributed by atoms with E-state index < -0.39 is 0 Å². The zero-order chi connectivity index (χ0) is 23.4. The van der Waals surface area contributed by atoms with Gasteiger partial charge in [0.05, 0.1) is 26.2 Å². The minimum Gasteiger partial charge on any atom is -0.493 e. The van der Waals surface area contributed by atoms with Crippen molar-refractivity contribution >= 4 is 28.4 Å². The topological polar surface area (TPSA) is 102 Å². The Morgan fingerprint density at radius 1 is 1.00 bits per heavy atom. The molecule has 0 saturated heterocycles. The SMILES string of the molecule is COc1cc2nccc(Oc3ccc(CC(=O)Nc4cc(N(C)C)n[nH]4)cc3)c2cc1OC. The molecule has 4 rings (SSSR count). The first-order chi connectivity index (χ1) is 16.0. The average molecular weight is 447 g/mol. The summed E-state index contributed by atoms with van der Waals surface area (Å²) in [6.45, 7) is 0. The third-order valence-corrected chi connectivity index (χ3v) is 5.02. The second-order valence-corrected chi connectivity index (χ2v) is 7.54. The highest BCUT2D eigenvalue weighted by molar-refractivity contribution is 5.91. The molecule has 170 valence electrons. The highest BCUT2D eigenvalue weighted by Gasteiger charge is 2.12. The Morgan fingerprint density at radius 3 is 2.39 bits per heavy atom. The van der Waals surface area contributed by atoms with E-state index >= 15 is 0 Å². The summed E-state index contributed by atoms with van der Waals surface area (Å²) in [6.07, 6.45) is 1.91. The number of ether oxygens (including phenoxy) is 3. The summed E-state index contributed by atoms with van der Waals surface area (Å²) >= 11 is 0. The lowest BCUT2D eigenvalue weighted by Gasteiger charge is -2.12. The predicted molar refractivity (Wildman–Crippen MR) is 127 cm³/mol. The third-order valence-electron chi connectivity index (χ3n) is 5.02. The summed E-state index contributed by atoms with van der Waals surface area (Å²) in [5.41, 5.74) is 1.59. The first kappa shape index (κ1) is 21.9. The van der Waals surface area contributed by atoms with Gasteiger partial charge in [-0.1, -0.05) is 12.1 Å². The fourth-order valence-electron chi connectivity index (χ4n) is 3.32. The van der Waals surface area contributed by atoms with Crippen molar-refractivity contribution in [3.63, 3.8) is 0 Å². The molecule has 0 saturated carbocycles. The molecule has 0 radical (unpaired) electrons. The van der Waals surface area contributed by atoms with E-state index in [4.69, 9.17) is 14.2 Å². The number of benzene rings is 2. The monoisotopic (exact) mass is 447 g/mol. The fourth-order valence-corrected chi connectivity index (χ4v) is 3.32. The zero-order valence-corrected chi connectivity index (χ0v) is 18.9. The number of aromatic nitrogens is 3. The largest absolute Gasteiger partial charge is 0.493 e. The van der Waals surface area contributed by atoms with Gasteiger partial charge in [0, 0.05) is 37.8 Å². The van der Waals surface area contributed by atoms with Crippen molar-refractivity contribution in [3.05, 3.63) is 60.3 Å². The summed E-state index contributed by atoms with van der Waals surface area (Å²) in [5.74, 6) is 3.64. The molecule has 0 spiro atoms. The van der Waals surface area contributed by atoms with Crippen LogP contribution in [0.4, 0.5) is 11.6 Å². The van der Waals surface area contributed by atoms with Crippen LogP contribution < -0.4 is 24.4 Å². The molecule has 33 heavy (non-hydrogen) atoms. The number of rotatable bonds is 8. The molecule has 9 heteroatoms. The van der Waals surface area contributed by atoms with E-state index in [-0.39, 0.29) is 12.3 Å². The summed E-state index contributed by atoms with van der Waals surface area (Å²) in [6, 6.07) is 14.6. The number of methoxy groups -OCH3 is 2. The molecule has 0 aliphatic rings. The van der Waals surface area contributed by atoms with Crippen molar-refractivity contribution in [2.45, 2.75) is 6.42 Å². The molecule has 2 aromatic heterocycles. The summed E-state index contributed by atoms with van der Waals surface area (Å²) in [4.78, 5) is 18.6. The quantitative estimate of drug-likeness (QED) is 0.421. The van der Waals surface area contributed by atoms with E-state index in [1.165, 1.54) is 0 Å². The number of pyridine rings is 1.